The molecular formula is C31H34O14. The molecule has 6 bridgehead atoms. The van der Waals surface area contributed by atoms with Gasteiger partial charge in [-0.2, -0.15) is 0 Å². The minimum atomic E-state index is -1.73. The molecule has 9 rings (SSSR count). The number of hydrogen-bond donors (Lipinski definition) is 5. The molecule has 3 aliphatic carbocycles. The molecule has 7 aliphatic rings. The van der Waals surface area contributed by atoms with Crippen LogP contribution in [0.4, 0.5) is 0 Å². The predicted octanol–water partition coefficient (Wildman–Crippen LogP) is 0.221. The van der Waals surface area contributed by atoms with E-state index in [9.17, 15) is 35.1 Å². The van der Waals surface area contributed by atoms with Gasteiger partial charge in [0, 0.05) is 12.3 Å². The highest BCUT2D eigenvalue weighted by atomic mass is 16.8. The average molecular weight is 631 g/mol. The lowest BCUT2D eigenvalue weighted by atomic mass is 9.41. The summed E-state index contributed by atoms with van der Waals surface area (Å²) in [6, 6.07) is 11.7. The SMILES string of the molecule is COc1ccc(C(=O)OC[C@H]2O[C@@H](O[C@]34C[C@@H]5[C@@]6(O)C[C@]3(C)OC(O6)[C@]54COC(=O)c3ccc(O)cc3)[C@H](O)[C@@H](O)[C@@H]2O)cc1. The molecule has 0 spiro atoms. The summed E-state index contributed by atoms with van der Waals surface area (Å²) < 4.78 is 40.7. The number of esters is 2. The van der Waals surface area contributed by atoms with E-state index in [0.717, 1.165) is 0 Å². The zero-order chi connectivity index (χ0) is 31.9. The number of phenolic OH excluding ortho intramolecular Hbond substituents is 1. The Morgan fingerprint density at radius 3 is 2.22 bits per heavy atom. The van der Waals surface area contributed by atoms with E-state index in [1.165, 1.54) is 43.5 Å². The number of methoxy groups -OCH3 is 1. The molecule has 4 aliphatic heterocycles. The maximum Gasteiger partial charge on any atom is 0.338 e. The summed E-state index contributed by atoms with van der Waals surface area (Å²) in [6.45, 7) is 0.970. The highest BCUT2D eigenvalue weighted by molar-refractivity contribution is 5.90. The Labute approximate surface area is 256 Å². The molecule has 14 heteroatoms. The van der Waals surface area contributed by atoms with Crippen molar-refractivity contribution in [1.29, 1.82) is 0 Å². The summed E-state index contributed by atoms with van der Waals surface area (Å²) in [6.07, 6.45) is -8.70. The van der Waals surface area contributed by atoms with Gasteiger partial charge < -0.3 is 58.7 Å². The average Bonchev–Trinajstić information content (AvgIpc) is 3.21. The zero-order valence-electron chi connectivity index (χ0n) is 24.4. The van der Waals surface area contributed by atoms with Crippen molar-refractivity contribution in [2.24, 2.45) is 11.3 Å². The van der Waals surface area contributed by atoms with Crippen molar-refractivity contribution in [3.05, 3.63) is 59.7 Å². The number of rotatable bonds is 9. The lowest BCUT2D eigenvalue weighted by molar-refractivity contribution is -0.424. The zero-order valence-corrected chi connectivity index (χ0v) is 24.4. The molecule has 11 atom stereocenters. The van der Waals surface area contributed by atoms with Crippen molar-refractivity contribution >= 4 is 11.9 Å². The fraction of sp³-hybridized carbons (Fsp3) is 0.548. The van der Waals surface area contributed by atoms with Gasteiger partial charge in [0.1, 0.15) is 60.3 Å². The highest BCUT2D eigenvalue weighted by Gasteiger charge is 2.94. The van der Waals surface area contributed by atoms with E-state index in [0.29, 0.717) is 5.75 Å². The van der Waals surface area contributed by atoms with Crippen LogP contribution >= 0.6 is 0 Å². The topological polar surface area (TPSA) is 200 Å². The maximum absolute atomic E-state index is 12.9. The third-order valence-corrected chi connectivity index (χ3v) is 10.2. The molecule has 14 nitrogen and oxygen atoms in total. The second kappa shape index (κ2) is 10.3. The van der Waals surface area contributed by atoms with Crippen LogP contribution in [0.3, 0.4) is 0 Å². The number of carbonyl (C=O) groups is 2. The monoisotopic (exact) mass is 630 g/mol. The van der Waals surface area contributed by atoms with Gasteiger partial charge in [0.15, 0.2) is 18.4 Å². The molecule has 4 saturated heterocycles. The first-order chi connectivity index (χ1) is 21.4. The minimum Gasteiger partial charge on any atom is -0.508 e. The van der Waals surface area contributed by atoms with Crippen molar-refractivity contribution in [1.82, 2.24) is 0 Å². The molecule has 0 amide bonds. The molecular weight excluding hydrogens is 596 g/mol. The van der Waals surface area contributed by atoms with Crippen LogP contribution < -0.4 is 4.74 Å². The number of aromatic hydroxyl groups is 1. The maximum atomic E-state index is 12.9. The molecule has 0 radical (unpaired) electrons. The van der Waals surface area contributed by atoms with Gasteiger partial charge in [0.2, 0.25) is 0 Å². The summed E-state index contributed by atoms with van der Waals surface area (Å²) in [5.41, 5.74) is -3.29. The molecule has 45 heavy (non-hydrogen) atoms. The fourth-order valence-corrected chi connectivity index (χ4v) is 7.85. The van der Waals surface area contributed by atoms with Gasteiger partial charge in [-0.1, -0.05) is 0 Å². The molecule has 2 aromatic carbocycles. The van der Waals surface area contributed by atoms with Gasteiger partial charge in [-0.25, -0.2) is 9.59 Å². The van der Waals surface area contributed by atoms with E-state index in [1.807, 2.05) is 0 Å². The van der Waals surface area contributed by atoms with Gasteiger partial charge in [-0.15, -0.1) is 0 Å². The smallest absolute Gasteiger partial charge is 0.338 e. The minimum absolute atomic E-state index is 0.0189. The standard InChI is InChI=1S/C31H34O14/c1-28-13-30(38)20-11-31(28,29(20,27(44-28)45-30)14-41-25(37)15-3-7-17(32)8-4-15)43-26-23(35)22(34)21(33)19(42-26)12-40-24(36)16-5-9-18(39-2)10-6-16/h3-10,19-23,26-27,32-35,38H,11-14H2,1-2H3/t19-,20+,21-,22+,23-,26+,27?,28+,29+,30-,31-/m1/s1. The van der Waals surface area contributed by atoms with Crippen molar-refractivity contribution in [3.63, 3.8) is 0 Å². The summed E-state index contributed by atoms with van der Waals surface area (Å²) in [5.74, 6) is -2.99. The molecule has 7 fully saturated rings. The summed E-state index contributed by atoms with van der Waals surface area (Å²) >= 11 is 0. The Morgan fingerprint density at radius 2 is 1.56 bits per heavy atom. The largest absolute Gasteiger partial charge is 0.508 e. The summed E-state index contributed by atoms with van der Waals surface area (Å²) in [7, 11) is 1.49. The molecule has 2 aromatic rings. The van der Waals surface area contributed by atoms with Gasteiger partial charge in [-0.05, 0) is 61.9 Å². The van der Waals surface area contributed by atoms with E-state index in [1.54, 1.807) is 19.1 Å². The first-order valence-corrected chi connectivity index (χ1v) is 14.6. The van der Waals surface area contributed by atoms with Crippen LogP contribution in [0.5, 0.6) is 11.5 Å². The number of aliphatic hydroxyl groups excluding tert-OH is 3. The van der Waals surface area contributed by atoms with Crippen LogP contribution in [-0.4, -0.2) is 112 Å². The van der Waals surface area contributed by atoms with E-state index in [-0.39, 0.29) is 36.3 Å². The molecule has 0 aromatic heterocycles. The lowest BCUT2D eigenvalue weighted by Crippen LogP contribution is -2.80. The number of benzene rings is 2. The number of ether oxygens (including phenoxy) is 7. The summed E-state index contributed by atoms with van der Waals surface area (Å²) in [5, 5.41) is 53.3. The number of aliphatic hydroxyl groups is 4. The molecule has 5 N–H and O–H groups in total. The molecule has 3 saturated carbocycles. The highest BCUT2D eigenvalue weighted by Crippen LogP contribution is 2.81. The second-order valence-electron chi connectivity index (χ2n) is 12.5. The normalized spacial score (nSPS) is 42.2. The molecule has 4 heterocycles. The summed E-state index contributed by atoms with van der Waals surface area (Å²) in [4.78, 5) is 25.6. The fourth-order valence-electron chi connectivity index (χ4n) is 7.85. The molecule has 242 valence electrons. The van der Waals surface area contributed by atoms with Crippen LogP contribution in [-0.2, 0) is 28.4 Å². The lowest BCUT2D eigenvalue weighted by Gasteiger charge is -2.67. The Hall–Kier alpha value is -3.34. The van der Waals surface area contributed by atoms with Crippen LogP contribution in [0.2, 0.25) is 0 Å². The van der Waals surface area contributed by atoms with E-state index in [2.05, 4.69) is 0 Å². The molecule has 1 unspecified atom stereocenters. The van der Waals surface area contributed by atoms with Gasteiger partial charge in [0.05, 0.1) is 23.7 Å². The van der Waals surface area contributed by atoms with Crippen LogP contribution in [0.25, 0.3) is 0 Å². The first kappa shape index (κ1) is 30.3. The predicted molar refractivity (Wildman–Crippen MR) is 147 cm³/mol. The van der Waals surface area contributed by atoms with E-state index in [4.69, 9.17) is 33.2 Å². The third kappa shape index (κ3) is 4.24. The van der Waals surface area contributed by atoms with Crippen molar-refractivity contribution in [2.75, 3.05) is 20.3 Å². The Kier molecular flexibility index (Phi) is 6.96. The van der Waals surface area contributed by atoms with Crippen LogP contribution in [0.15, 0.2) is 48.5 Å². The third-order valence-electron chi connectivity index (χ3n) is 10.2. The number of phenols is 1. The van der Waals surface area contributed by atoms with Crippen molar-refractivity contribution < 1.29 is 68.3 Å². The van der Waals surface area contributed by atoms with E-state index < -0.39 is 83.9 Å². The Bertz CT molecular complexity index is 1480. The Balaban J connectivity index is 1.10. The second-order valence-corrected chi connectivity index (χ2v) is 12.5. The quantitative estimate of drug-likeness (QED) is 0.236. The van der Waals surface area contributed by atoms with Crippen LogP contribution in [0, 0.1) is 11.3 Å². The number of hydrogen-bond acceptors (Lipinski definition) is 14. The first-order valence-electron chi connectivity index (χ1n) is 14.6. The van der Waals surface area contributed by atoms with Gasteiger partial charge >= 0.3 is 11.9 Å². The van der Waals surface area contributed by atoms with Gasteiger partial charge in [0.25, 0.3) is 0 Å². The van der Waals surface area contributed by atoms with Gasteiger partial charge in [-0.3, -0.25) is 0 Å². The number of carbonyl (C=O) groups excluding carboxylic acids is 2. The Morgan fingerprint density at radius 1 is 0.911 bits per heavy atom. The van der Waals surface area contributed by atoms with Crippen LogP contribution in [0.1, 0.15) is 40.5 Å². The van der Waals surface area contributed by atoms with E-state index >= 15 is 0 Å². The van der Waals surface area contributed by atoms with Crippen molar-refractivity contribution in [3.8, 4) is 11.5 Å². The van der Waals surface area contributed by atoms with Crippen molar-refractivity contribution in [2.45, 2.75) is 73.8 Å².